The lowest BCUT2D eigenvalue weighted by Crippen LogP contribution is -2.40. The Bertz CT molecular complexity index is 744. The van der Waals surface area contributed by atoms with Crippen LogP contribution in [0.2, 0.25) is 0 Å². The quantitative estimate of drug-likeness (QED) is 0.850. The second kappa shape index (κ2) is 8.06. The summed E-state index contributed by atoms with van der Waals surface area (Å²) in [5, 5.41) is 0. The van der Waals surface area contributed by atoms with Crippen LogP contribution >= 0.6 is 0 Å². The molecule has 0 aromatic heterocycles. The van der Waals surface area contributed by atoms with Crippen molar-refractivity contribution in [3.63, 3.8) is 0 Å². The number of amides is 1. The standard InChI is InChI=1S/C19H29N3O3S/c1-21(16-8-3-2-4-9-16)26(24,25)18-11-5-7-15(13-18)19(23)22-12-6-10-17(22)14-20/h5,7,11,13,16-17H,2-4,6,8-10,12,14,20H2,1H3. The molecule has 2 N–H and O–H groups in total. The fourth-order valence-corrected chi connectivity index (χ4v) is 5.57. The fourth-order valence-electron chi connectivity index (χ4n) is 4.11. The molecule has 1 saturated heterocycles. The van der Waals surface area contributed by atoms with E-state index in [9.17, 15) is 13.2 Å². The van der Waals surface area contributed by atoms with E-state index < -0.39 is 10.0 Å². The molecule has 7 heteroatoms. The molecular formula is C19H29N3O3S. The van der Waals surface area contributed by atoms with Gasteiger partial charge in [0.25, 0.3) is 5.91 Å². The molecule has 6 nitrogen and oxygen atoms in total. The number of hydrogen-bond acceptors (Lipinski definition) is 4. The van der Waals surface area contributed by atoms with Crippen LogP contribution in [0, 0.1) is 0 Å². The number of hydrogen-bond donors (Lipinski definition) is 1. The Morgan fingerprint density at radius 3 is 2.62 bits per heavy atom. The molecule has 0 radical (unpaired) electrons. The number of sulfonamides is 1. The largest absolute Gasteiger partial charge is 0.334 e. The van der Waals surface area contributed by atoms with Gasteiger partial charge >= 0.3 is 0 Å². The van der Waals surface area contributed by atoms with Gasteiger partial charge in [-0.05, 0) is 43.9 Å². The maximum Gasteiger partial charge on any atom is 0.254 e. The smallest absolute Gasteiger partial charge is 0.254 e. The summed E-state index contributed by atoms with van der Waals surface area (Å²) >= 11 is 0. The third kappa shape index (κ3) is 3.80. The van der Waals surface area contributed by atoms with Gasteiger partial charge < -0.3 is 10.6 Å². The maximum absolute atomic E-state index is 13.0. The van der Waals surface area contributed by atoms with Crippen molar-refractivity contribution in [2.75, 3.05) is 20.1 Å². The third-order valence-corrected chi connectivity index (χ3v) is 7.66. The van der Waals surface area contributed by atoms with Crippen molar-refractivity contribution < 1.29 is 13.2 Å². The van der Waals surface area contributed by atoms with Crippen molar-refractivity contribution in [1.82, 2.24) is 9.21 Å². The fraction of sp³-hybridized carbons (Fsp3) is 0.632. The van der Waals surface area contributed by atoms with Gasteiger partial charge in [-0.25, -0.2) is 8.42 Å². The molecule has 1 atom stereocenters. The number of nitrogens with two attached hydrogens (primary N) is 1. The van der Waals surface area contributed by atoms with Crippen LogP contribution in [-0.2, 0) is 10.0 Å². The second-order valence-corrected chi connectivity index (χ2v) is 9.37. The Labute approximate surface area is 156 Å². The average molecular weight is 380 g/mol. The minimum Gasteiger partial charge on any atom is -0.334 e. The minimum atomic E-state index is -3.60. The molecule has 1 saturated carbocycles. The van der Waals surface area contributed by atoms with Crippen molar-refractivity contribution >= 4 is 15.9 Å². The summed E-state index contributed by atoms with van der Waals surface area (Å²) in [5.41, 5.74) is 6.18. The Morgan fingerprint density at radius 1 is 1.19 bits per heavy atom. The highest BCUT2D eigenvalue weighted by atomic mass is 32.2. The van der Waals surface area contributed by atoms with Crippen LogP contribution in [0.5, 0.6) is 0 Å². The zero-order chi connectivity index (χ0) is 18.7. The monoisotopic (exact) mass is 379 g/mol. The molecule has 3 rings (SSSR count). The number of carbonyl (C=O) groups is 1. The minimum absolute atomic E-state index is 0.0488. The summed E-state index contributed by atoms with van der Waals surface area (Å²) in [7, 11) is -1.94. The van der Waals surface area contributed by atoms with Gasteiger partial charge in [-0.15, -0.1) is 0 Å². The van der Waals surface area contributed by atoms with Gasteiger partial charge in [0, 0.05) is 37.8 Å². The molecule has 1 aliphatic carbocycles. The second-order valence-electron chi connectivity index (χ2n) is 7.37. The SMILES string of the molecule is CN(C1CCCCC1)S(=O)(=O)c1cccc(C(=O)N2CCCC2CN)c1. The summed E-state index contributed by atoms with van der Waals surface area (Å²) in [6.07, 6.45) is 6.96. The summed E-state index contributed by atoms with van der Waals surface area (Å²) < 4.78 is 27.6. The molecule has 144 valence electrons. The van der Waals surface area contributed by atoms with E-state index in [0.717, 1.165) is 38.5 Å². The van der Waals surface area contributed by atoms with E-state index in [-0.39, 0.29) is 22.9 Å². The first-order valence-electron chi connectivity index (χ1n) is 9.54. The molecule has 1 aromatic carbocycles. The van der Waals surface area contributed by atoms with Gasteiger partial charge in [0.1, 0.15) is 0 Å². The van der Waals surface area contributed by atoms with Crippen LogP contribution < -0.4 is 5.73 Å². The molecule has 26 heavy (non-hydrogen) atoms. The summed E-state index contributed by atoms with van der Waals surface area (Å²) in [5.74, 6) is -0.129. The van der Waals surface area contributed by atoms with E-state index in [0.29, 0.717) is 18.7 Å². The van der Waals surface area contributed by atoms with Gasteiger partial charge in [-0.1, -0.05) is 25.3 Å². The average Bonchev–Trinajstić information content (AvgIpc) is 3.16. The highest BCUT2D eigenvalue weighted by Crippen LogP contribution is 2.27. The van der Waals surface area contributed by atoms with Crippen molar-refractivity contribution in [3.8, 4) is 0 Å². The van der Waals surface area contributed by atoms with Crippen LogP contribution in [0.4, 0.5) is 0 Å². The van der Waals surface area contributed by atoms with E-state index in [2.05, 4.69) is 0 Å². The molecule has 1 amide bonds. The maximum atomic E-state index is 13.0. The van der Waals surface area contributed by atoms with Crippen molar-refractivity contribution in [2.45, 2.75) is 61.9 Å². The number of likely N-dealkylation sites (tertiary alicyclic amines) is 1. The molecule has 1 aromatic rings. The van der Waals surface area contributed by atoms with Gasteiger partial charge in [0.2, 0.25) is 10.0 Å². The van der Waals surface area contributed by atoms with Crippen LogP contribution in [0.25, 0.3) is 0 Å². The molecule has 1 unspecified atom stereocenters. The molecule has 2 aliphatic rings. The van der Waals surface area contributed by atoms with Gasteiger partial charge in [-0.2, -0.15) is 4.31 Å². The number of nitrogens with zero attached hydrogens (tertiary/aromatic N) is 2. The van der Waals surface area contributed by atoms with Crippen molar-refractivity contribution in [2.24, 2.45) is 5.73 Å². The Morgan fingerprint density at radius 2 is 1.92 bits per heavy atom. The normalized spacial score (nSPS) is 22.1. The van der Waals surface area contributed by atoms with Crippen LogP contribution in [0.15, 0.2) is 29.2 Å². The van der Waals surface area contributed by atoms with E-state index in [1.165, 1.54) is 16.8 Å². The molecule has 0 spiro atoms. The summed E-state index contributed by atoms with van der Waals surface area (Å²) in [6, 6.07) is 6.54. The lowest BCUT2D eigenvalue weighted by Gasteiger charge is -2.30. The molecule has 1 aliphatic heterocycles. The molecule has 0 bridgehead atoms. The Balaban J connectivity index is 1.82. The lowest BCUT2D eigenvalue weighted by molar-refractivity contribution is 0.0741. The van der Waals surface area contributed by atoms with Crippen LogP contribution in [0.1, 0.15) is 55.3 Å². The summed E-state index contributed by atoms with van der Waals surface area (Å²) in [6.45, 7) is 1.12. The predicted molar refractivity (Wildman–Crippen MR) is 101 cm³/mol. The number of rotatable bonds is 5. The molecular weight excluding hydrogens is 350 g/mol. The zero-order valence-corrected chi connectivity index (χ0v) is 16.2. The Kier molecular flexibility index (Phi) is 5.99. The molecule has 2 fully saturated rings. The predicted octanol–water partition coefficient (Wildman–Crippen LogP) is 2.20. The topological polar surface area (TPSA) is 83.7 Å². The van der Waals surface area contributed by atoms with E-state index in [1.807, 2.05) is 0 Å². The lowest BCUT2D eigenvalue weighted by atomic mass is 9.96. The van der Waals surface area contributed by atoms with Crippen LogP contribution in [-0.4, -0.2) is 55.8 Å². The highest BCUT2D eigenvalue weighted by molar-refractivity contribution is 7.89. The van der Waals surface area contributed by atoms with Crippen molar-refractivity contribution in [3.05, 3.63) is 29.8 Å². The molecule has 1 heterocycles. The van der Waals surface area contributed by atoms with Gasteiger partial charge in [-0.3, -0.25) is 4.79 Å². The third-order valence-electron chi connectivity index (χ3n) is 5.76. The van der Waals surface area contributed by atoms with Gasteiger partial charge in [0.05, 0.1) is 4.90 Å². The zero-order valence-electron chi connectivity index (χ0n) is 15.4. The van der Waals surface area contributed by atoms with Crippen LogP contribution in [0.3, 0.4) is 0 Å². The number of benzene rings is 1. The van der Waals surface area contributed by atoms with Gasteiger partial charge in [0.15, 0.2) is 0 Å². The summed E-state index contributed by atoms with van der Waals surface area (Å²) in [4.78, 5) is 14.8. The van der Waals surface area contributed by atoms with Crippen molar-refractivity contribution in [1.29, 1.82) is 0 Å². The van der Waals surface area contributed by atoms with E-state index >= 15 is 0 Å². The number of carbonyl (C=O) groups excluding carboxylic acids is 1. The first-order chi connectivity index (χ1) is 12.4. The Hall–Kier alpha value is -1.44. The van der Waals surface area contributed by atoms with E-state index in [4.69, 9.17) is 5.73 Å². The van der Waals surface area contributed by atoms with E-state index in [1.54, 1.807) is 30.1 Å². The first kappa shape index (κ1) is 19.3. The first-order valence-corrected chi connectivity index (χ1v) is 11.0. The highest BCUT2D eigenvalue weighted by Gasteiger charge is 2.31.